The van der Waals surface area contributed by atoms with Gasteiger partial charge in [0.05, 0.1) is 0 Å². The fraction of sp³-hybridized carbons (Fsp3) is 0.200. The molecular formula is C15H15N3. The monoisotopic (exact) mass is 237 g/mol. The van der Waals surface area contributed by atoms with Crippen molar-refractivity contribution in [2.75, 3.05) is 5.32 Å². The number of nitriles is 1. The minimum atomic E-state index is 0.482. The summed E-state index contributed by atoms with van der Waals surface area (Å²) >= 11 is 0. The quantitative estimate of drug-likeness (QED) is 0.891. The molecular weight excluding hydrogens is 222 g/mol. The summed E-state index contributed by atoms with van der Waals surface area (Å²) in [7, 11) is 0. The van der Waals surface area contributed by atoms with E-state index in [2.05, 4.69) is 36.3 Å². The first-order valence-electron chi connectivity index (χ1n) is 5.86. The second-order valence-corrected chi connectivity index (χ2v) is 4.22. The molecule has 1 aromatic carbocycles. The van der Waals surface area contributed by atoms with E-state index < -0.39 is 0 Å². The lowest BCUT2D eigenvalue weighted by Crippen LogP contribution is -2.04. The number of hydrogen-bond acceptors (Lipinski definition) is 3. The van der Waals surface area contributed by atoms with E-state index in [1.165, 1.54) is 11.1 Å². The maximum Gasteiger partial charge on any atom is 0.145 e. The predicted molar refractivity (Wildman–Crippen MR) is 72.2 cm³/mol. The van der Waals surface area contributed by atoms with Gasteiger partial charge in [-0.1, -0.05) is 18.2 Å². The molecule has 0 radical (unpaired) electrons. The summed E-state index contributed by atoms with van der Waals surface area (Å²) in [5, 5.41) is 12.3. The van der Waals surface area contributed by atoms with Crippen LogP contribution in [0.3, 0.4) is 0 Å². The largest absolute Gasteiger partial charge is 0.381 e. The lowest BCUT2D eigenvalue weighted by molar-refractivity contribution is 1.08. The first-order valence-corrected chi connectivity index (χ1v) is 5.86. The van der Waals surface area contributed by atoms with Crippen molar-refractivity contribution in [3.05, 3.63) is 58.9 Å². The molecule has 18 heavy (non-hydrogen) atoms. The average Bonchev–Trinajstić information content (AvgIpc) is 2.41. The number of nitrogens with one attached hydrogen (secondary N) is 1. The van der Waals surface area contributed by atoms with Gasteiger partial charge >= 0.3 is 0 Å². The standard InChI is InChI=1S/C15H15N3/c1-11-5-3-7-14(12(11)2)18-10-13-6-4-8-17-15(13)9-16/h3-8,18H,10H2,1-2H3. The van der Waals surface area contributed by atoms with Crippen molar-refractivity contribution in [3.8, 4) is 6.07 Å². The molecule has 2 aromatic rings. The Balaban J connectivity index is 2.17. The molecule has 90 valence electrons. The van der Waals surface area contributed by atoms with Crippen LogP contribution in [0.2, 0.25) is 0 Å². The van der Waals surface area contributed by atoms with Crippen molar-refractivity contribution in [2.24, 2.45) is 0 Å². The van der Waals surface area contributed by atoms with Crippen LogP contribution in [0, 0.1) is 25.2 Å². The molecule has 0 amide bonds. The van der Waals surface area contributed by atoms with Gasteiger partial charge in [0.25, 0.3) is 0 Å². The van der Waals surface area contributed by atoms with Crippen molar-refractivity contribution >= 4 is 5.69 Å². The number of benzene rings is 1. The first kappa shape index (κ1) is 12.1. The van der Waals surface area contributed by atoms with E-state index in [1.54, 1.807) is 6.20 Å². The number of anilines is 1. The van der Waals surface area contributed by atoms with Gasteiger partial charge in [0.1, 0.15) is 11.8 Å². The van der Waals surface area contributed by atoms with Gasteiger partial charge in [0.15, 0.2) is 0 Å². The van der Waals surface area contributed by atoms with Gasteiger partial charge in [0.2, 0.25) is 0 Å². The lowest BCUT2D eigenvalue weighted by atomic mass is 10.1. The summed E-state index contributed by atoms with van der Waals surface area (Å²) in [4.78, 5) is 4.05. The second kappa shape index (κ2) is 5.33. The Morgan fingerprint density at radius 1 is 1.22 bits per heavy atom. The highest BCUT2D eigenvalue weighted by molar-refractivity contribution is 5.54. The summed E-state index contributed by atoms with van der Waals surface area (Å²) in [6, 6.07) is 12.0. The number of aromatic nitrogens is 1. The number of hydrogen-bond donors (Lipinski definition) is 1. The summed E-state index contributed by atoms with van der Waals surface area (Å²) < 4.78 is 0. The molecule has 1 N–H and O–H groups in total. The third-order valence-electron chi connectivity index (χ3n) is 3.07. The zero-order valence-corrected chi connectivity index (χ0v) is 10.6. The van der Waals surface area contributed by atoms with Crippen LogP contribution in [0.5, 0.6) is 0 Å². The molecule has 2 rings (SSSR count). The third-order valence-corrected chi connectivity index (χ3v) is 3.07. The first-order chi connectivity index (χ1) is 8.72. The maximum atomic E-state index is 8.97. The van der Waals surface area contributed by atoms with Crippen LogP contribution >= 0.6 is 0 Å². The predicted octanol–water partition coefficient (Wildman–Crippen LogP) is 3.18. The molecule has 0 atom stereocenters. The molecule has 0 aliphatic carbocycles. The van der Waals surface area contributed by atoms with E-state index in [1.807, 2.05) is 24.3 Å². The van der Waals surface area contributed by atoms with Crippen LogP contribution in [-0.2, 0) is 6.54 Å². The fourth-order valence-electron chi connectivity index (χ4n) is 1.81. The van der Waals surface area contributed by atoms with Crippen molar-refractivity contribution in [1.29, 1.82) is 5.26 Å². The normalized spacial score (nSPS) is 9.83. The number of aryl methyl sites for hydroxylation is 1. The van der Waals surface area contributed by atoms with E-state index in [9.17, 15) is 0 Å². The van der Waals surface area contributed by atoms with Crippen LogP contribution in [0.25, 0.3) is 0 Å². The summed E-state index contributed by atoms with van der Waals surface area (Å²) in [5.41, 5.74) is 4.99. The Kier molecular flexibility index (Phi) is 3.59. The van der Waals surface area contributed by atoms with Crippen molar-refractivity contribution in [1.82, 2.24) is 4.98 Å². The number of pyridine rings is 1. The molecule has 0 spiro atoms. The van der Waals surface area contributed by atoms with Gasteiger partial charge in [-0.3, -0.25) is 0 Å². The second-order valence-electron chi connectivity index (χ2n) is 4.22. The molecule has 0 unspecified atom stereocenters. The molecule has 0 fully saturated rings. The Morgan fingerprint density at radius 3 is 2.83 bits per heavy atom. The molecule has 1 aromatic heterocycles. The van der Waals surface area contributed by atoms with Crippen molar-refractivity contribution < 1.29 is 0 Å². The van der Waals surface area contributed by atoms with Crippen LogP contribution in [-0.4, -0.2) is 4.98 Å². The topological polar surface area (TPSA) is 48.7 Å². The van der Waals surface area contributed by atoms with Crippen LogP contribution < -0.4 is 5.32 Å². The highest BCUT2D eigenvalue weighted by Gasteiger charge is 2.04. The summed E-state index contributed by atoms with van der Waals surface area (Å²) in [6.07, 6.45) is 1.64. The van der Waals surface area contributed by atoms with Crippen molar-refractivity contribution in [2.45, 2.75) is 20.4 Å². The Hall–Kier alpha value is -2.34. The molecule has 0 aliphatic heterocycles. The molecule has 3 heteroatoms. The minimum absolute atomic E-state index is 0.482. The highest BCUT2D eigenvalue weighted by Crippen LogP contribution is 2.19. The average molecular weight is 237 g/mol. The van der Waals surface area contributed by atoms with Crippen LogP contribution in [0.4, 0.5) is 5.69 Å². The minimum Gasteiger partial charge on any atom is -0.381 e. The maximum absolute atomic E-state index is 8.97. The Labute approximate surface area is 107 Å². The van der Waals surface area contributed by atoms with E-state index in [0.717, 1.165) is 11.3 Å². The van der Waals surface area contributed by atoms with Gasteiger partial charge in [-0.05, 0) is 37.1 Å². The van der Waals surface area contributed by atoms with E-state index >= 15 is 0 Å². The van der Waals surface area contributed by atoms with E-state index in [-0.39, 0.29) is 0 Å². The Bertz CT molecular complexity index is 597. The van der Waals surface area contributed by atoms with Crippen LogP contribution in [0.1, 0.15) is 22.4 Å². The molecule has 3 nitrogen and oxygen atoms in total. The van der Waals surface area contributed by atoms with E-state index in [0.29, 0.717) is 12.2 Å². The molecule has 0 saturated carbocycles. The zero-order chi connectivity index (χ0) is 13.0. The summed E-state index contributed by atoms with van der Waals surface area (Å²) in [6.45, 7) is 4.79. The lowest BCUT2D eigenvalue weighted by Gasteiger charge is -2.11. The SMILES string of the molecule is Cc1cccc(NCc2cccnc2C#N)c1C. The number of nitrogens with zero attached hydrogens (tertiary/aromatic N) is 2. The Morgan fingerprint density at radius 2 is 2.06 bits per heavy atom. The van der Waals surface area contributed by atoms with Gasteiger partial charge < -0.3 is 5.32 Å². The summed E-state index contributed by atoms with van der Waals surface area (Å²) in [5.74, 6) is 0. The van der Waals surface area contributed by atoms with E-state index in [4.69, 9.17) is 5.26 Å². The third kappa shape index (κ3) is 2.49. The van der Waals surface area contributed by atoms with Gasteiger partial charge in [0, 0.05) is 24.0 Å². The van der Waals surface area contributed by atoms with Gasteiger partial charge in [-0.15, -0.1) is 0 Å². The van der Waals surface area contributed by atoms with Gasteiger partial charge in [-0.25, -0.2) is 4.98 Å². The molecule has 0 aliphatic rings. The molecule has 0 saturated heterocycles. The highest BCUT2D eigenvalue weighted by atomic mass is 14.9. The smallest absolute Gasteiger partial charge is 0.145 e. The fourth-order valence-corrected chi connectivity index (χ4v) is 1.81. The zero-order valence-electron chi connectivity index (χ0n) is 10.6. The number of rotatable bonds is 3. The van der Waals surface area contributed by atoms with Crippen LogP contribution in [0.15, 0.2) is 36.5 Å². The molecule has 1 heterocycles. The van der Waals surface area contributed by atoms with Gasteiger partial charge in [-0.2, -0.15) is 5.26 Å². The molecule has 0 bridgehead atoms. The van der Waals surface area contributed by atoms with Crippen molar-refractivity contribution in [3.63, 3.8) is 0 Å².